The molecule has 0 unspecified atom stereocenters. The van der Waals surface area contributed by atoms with Crippen LogP contribution in [0.15, 0.2) is 106 Å². The van der Waals surface area contributed by atoms with Crippen LogP contribution < -0.4 is 5.32 Å². The van der Waals surface area contributed by atoms with E-state index < -0.39 is 0 Å². The SMILES string of the molecule is CCCCCCCCCCCCCCCCCCOC(=O)CC[C@@H]1C2=C3CC(O)=C4C3=NC(=C4C)C=C3N=C(C=C4N=C(C=C(N2)[C@H]1C)C(C)=C4C(=O)OCCCCCCCCCCCCCCCCCC)C(C)=C3CC. The Balaban J connectivity index is 1.04. The lowest BCUT2D eigenvalue weighted by atomic mass is 9.86. The van der Waals surface area contributed by atoms with Crippen LogP contribution in [0.3, 0.4) is 0 Å². The van der Waals surface area contributed by atoms with Gasteiger partial charge in [-0.3, -0.25) is 4.79 Å². The minimum atomic E-state index is -0.351. The first-order chi connectivity index (χ1) is 37.6. The van der Waals surface area contributed by atoms with Crippen molar-refractivity contribution in [2.24, 2.45) is 26.8 Å². The molecule has 6 aliphatic rings. The molecule has 5 aliphatic heterocycles. The Morgan fingerprint density at radius 3 is 1.55 bits per heavy atom. The third-order valence-corrected chi connectivity index (χ3v) is 17.4. The van der Waals surface area contributed by atoms with E-state index in [-0.39, 0.29) is 23.8 Å². The molecule has 1 fully saturated rings. The van der Waals surface area contributed by atoms with Crippen LogP contribution in [0, 0.1) is 11.8 Å². The Bertz CT molecular complexity index is 2340. The van der Waals surface area contributed by atoms with Crippen molar-refractivity contribution in [3.05, 3.63) is 91.5 Å². The van der Waals surface area contributed by atoms with Gasteiger partial charge in [-0.05, 0) is 87.0 Å². The maximum Gasteiger partial charge on any atom is 0.340 e. The Morgan fingerprint density at radius 2 is 1.04 bits per heavy atom. The molecule has 0 aromatic rings. The van der Waals surface area contributed by atoms with Crippen LogP contribution in [0.4, 0.5) is 0 Å². The maximum absolute atomic E-state index is 14.2. The zero-order valence-corrected chi connectivity index (χ0v) is 49.7. The molecule has 77 heavy (non-hydrogen) atoms. The second kappa shape index (κ2) is 33.8. The van der Waals surface area contributed by atoms with E-state index in [2.05, 4.69) is 46.0 Å². The highest BCUT2D eigenvalue weighted by Gasteiger charge is 2.42. The number of carbonyl (C=O) groups is 2. The van der Waals surface area contributed by atoms with Crippen LogP contribution in [-0.4, -0.2) is 47.4 Å². The van der Waals surface area contributed by atoms with E-state index in [1.807, 2.05) is 26.0 Å². The summed E-state index contributed by atoms with van der Waals surface area (Å²) < 4.78 is 11.9. The number of esters is 2. The first-order valence-electron chi connectivity index (χ1n) is 31.9. The molecule has 1 saturated heterocycles. The van der Waals surface area contributed by atoms with E-state index >= 15 is 0 Å². The van der Waals surface area contributed by atoms with Crippen molar-refractivity contribution in [2.75, 3.05) is 13.2 Å². The molecular weight excluding hydrogens is 953 g/mol. The number of aliphatic hydroxyl groups is 1. The number of aliphatic hydroxyl groups excluding tert-OH is 1. The first-order valence-corrected chi connectivity index (χ1v) is 31.9. The molecule has 0 saturated carbocycles. The monoisotopic (exact) mass is 1060 g/mol. The van der Waals surface area contributed by atoms with Gasteiger partial charge in [0.2, 0.25) is 0 Å². The number of hydrogen-bond donors (Lipinski definition) is 2. The van der Waals surface area contributed by atoms with Gasteiger partial charge in [0.15, 0.2) is 0 Å². The Morgan fingerprint density at radius 1 is 0.571 bits per heavy atom. The van der Waals surface area contributed by atoms with Crippen LogP contribution in [-0.2, 0) is 19.1 Å². The second-order valence-corrected chi connectivity index (χ2v) is 23.5. The molecule has 5 heterocycles. The van der Waals surface area contributed by atoms with E-state index in [0.29, 0.717) is 55.2 Å². The van der Waals surface area contributed by atoms with Crippen LogP contribution in [0.1, 0.15) is 280 Å². The van der Waals surface area contributed by atoms with Gasteiger partial charge in [0.1, 0.15) is 5.76 Å². The van der Waals surface area contributed by atoms with E-state index in [9.17, 15) is 14.7 Å². The molecular formula is C68H104N4O5. The minimum Gasteiger partial charge on any atom is -0.511 e. The highest BCUT2D eigenvalue weighted by Crippen LogP contribution is 2.46. The number of allylic oxidation sites excluding steroid dienone is 11. The predicted octanol–water partition coefficient (Wildman–Crippen LogP) is 19.0. The summed E-state index contributed by atoms with van der Waals surface area (Å²) in [6.45, 7) is 15.8. The lowest BCUT2D eigenvalue weighted by Crippen LogP contribution is -2.16. The molecule has 2 atom stereocenters. The largest absolute Gasteiger partial charge is 0.511 e. The fraction of sp³-hybridized carbons (Fsp3) is 0.691. The number of nitrogens with zero attached hydrogens (tertiary/aromatic N) is 3. The summed E-state index contributed by atoms with van der Waals surface area (Å²) in [7, 11) is 0. The highest BCUT2D eigenvalue weighted by molar-refractivity contribution is 6.22. The number of aliphatic imine (C=N–C) groups is 3. The summed E-state index contributed by atoms with van der Waals surface area (Å²) in [6.07, 6.45) is 49.7. The molecule has 2 N–H and O–H groups in total. The van der Waals surface area contributed by atoms with E-state index in [4.69, 9.17) is 24.5 Å². The van der Waals surface area contributed by atoms with Gasteiger partial charge in [0, 0.05) is 47.2 Å². The number of hydrogen-bond acceptors (Lipinski definition) is 9. The van der Waals surface area contributed by atoms with Crippen LogP contribution in [0.2, 0.25) is 0 Å². The number of nitrogens with one attached hydrogen (secondary N) is 1. The first kappa shape index (κ1) is 61.7. The molecule has 0 aromatic heterocycles. The Labute approximate surface area is 467 Å². The van der Waals surface area contributed by atoms with Gasteiger partial charge in [-0.1, -0.05) is 220 Å². The van der Waals surface area contributed by atoms with Crippen LogP contribution >= 0.6 is 0 Å². The minimum absolute atomic E-state index is 0.0170. The van der Waals surface area contributed by atoms with Gasteiger partial charge in [-0.15, -0.1) is 0 Å². The van der Waals surface area contributed by atoms with E-state index in [1.54, 1.807) is 0 Å². The average molecular weight is 1060 g/mol. The normalized spacial score (nSPS) is 18.8. The summed E-state index contributed by atoms with van der Waals surface area (Å²) in [5, 5.41) is 15.4. The zero-order chi connectivity index (χ0) is 54.8. The second-order valence-electron chi connectivity index (χ2n) is 23.5. The van der Waals surface area contributed by atoms with Gasteiger partial charge in [-0.25, -0.2) is 19.8 Å². The summed E-state index contributed by atoms with van der Waals surface area (Å²) in [5.41, 5.74) is 12.5. The van der Waals surface area contributed by atoms with Gasteiger partial charge in [0.05, 0.1) is 53.0 Å². The standard InChI is InChI=1S/C68H104N4O5/c1-8-11-13-15-17-19-21-23-25-27-29-31-33-35-37-39-43-76-63(74)42-41-54-50(5)57-46-58-51(6)64(68(75)77-44-40-38-36-34-32-30-28-26-24-22-20-18-16-14-12-9-2)61(70-58)48-56-49(4)53(10-3)60(69-56)47-59-52(7)65-62(73)45-55(66(54)71-57)67(65)72-59/h46-48,50,54,71,73H,8-45H2,1-7H3/t50-,54-/m0/s1. The zero-order valence-electron chi connectivity index (χ0n) is 49.7. The van der Waals surface area contributed by atoms with Crippen molar-refractivity contribution in [3.63, 3.8) is 0 Å². The molecule has 0 amide bonds. The van der Waals surface area contributed by atoms with E-state index in [0.717, 1.165) is 106 Å². The molecule has 9 nitrogen and oxygen atoms in total. The fourth-order valence-electron chi connectivity index (χ4n) is 12.4. The van der Waals surface area contributed by atoms with Crippen molar-refractivity contribution in [1.29, 1.82) is 0 Å². The summed E-state index contributed by atoms with van der Waals surface area (Å²) in [6, 6.07) is 0. The average Bonchev–Trinajstić information content (AvgIpc) is 4.31. The molecule has 426 valence electrons. The molecule has 8 bridgehead atoms. The summed E-state index contributed by atoms with van der Waals surface area (Å²) in [5.74, 6) is -0.280. The fourth-order valence-corrected chi connectivity index (χ4v) is 12.4. The number of fused-ring (bicyclic) bond motifs is 5. The molecule has 0 spiro atoms. The van der Waals surface area contributed by atoms with Gasteiger partial charge in [0.25, 0.3) is 0 Å². The summed E-state index contributed by atoms with van der Waals surface area (Å²) in [4.78, 5) is 43.2. The number of ether oxygens (including phenoxy) is 2. The quantitative estimate of drug-likeness (QED) is 0.0467. The molecule has 6 rings (SSSR count). The number of rotatable bonds is 39. The van der Waals surface area contributed by atoms with Crippen molar-refractivity contribution in [3.8, 4) is 0 Å². The Kier molecular flexibility index (Phi) is 27.1. The Hall–Kier alpha value is -4.53. The van der Waals surface area contributed by atoms with Crippen molar-refractivity contribution in [2.45, 2.75) is 280 Å². The molecule has 0 radical (unpaired) electrons. The number of carbonyl (C=O) groups excluding carboxylic acids is 2. The van der Waals surface area contributed by atoms with Crippen molar-refractivity contribution >= 4 is 29.1 Å². The van der Waals surface area contributed by atoms with Crippen LogP contribution in [0.5, 0.6) is 0 Å². The summed E-state index contributed by atoms with van der Waals surface area (Å²) >= 11 is 0. The van der Waals surface area contributed by atoms with Crippen LogP contribution in [0.25, 0.3) is 0 Å². The van der Waals surface area contributed by atoms with Gasteiger partial charge in [-0.2, -0.15) is 0 Å². The number of unbranched alkanes of at least 4 members (excludes halogenated alkanes) is 30. The lowest BCUT2D eigenvalue weighted by molar-refractivity contribution is -0.144. The van der Waals surface area contributed by atoms with Gasteiger partial charge < -0.3 is 19.9 Å². The topological polar surface area (TPSA) is 122 Å². The third-order valence-electron chi connectivity index (χ3n) is 17.4. The smallest absolute Gasteiger partial charge is 0.340 e. The molecule has 9 heteroatoms. The van der Waals surface area contributed by atoms with Crippen molar-refractivity contribution < 1.29 is 24.2 Å². The molecule has 0 aromatic carbocycles. The highest BCUT2D eigenvalue weighted by atomic mass is 16.5. The van der Waals surface area contributed by atoms with Gasteiger partial charge >= 0.3 is 11.9 Å². The van der Waals surface area contributed by atoms with Crippen molar-refractivity contribution in [1.82, 2.24) is 5.32 Å². The lowest BCUT2D eigenvalue weighted by Gasteiger charge is -2.17. The predicted molar refractivity (Wildman–Crippen MR) is 322 cm³/mol. The maximum atomic E-state index is 14.2. The third kappa shape index (κ3) is 18.5. The molecule has 1 aliphatic carbocycles. The van der Waals surface area contributed by atoms with E-state index in [1.165, 1.54) is 173 Å².